The van der Waals surface area contributed by atoms with Crippen molar-refractivity contribution in [2.45, 2.75) is 19.8 Å². The van der Waals surface area contributed by atoms with E-state index in [2.05, 4.69) is 12.2 Å². The Labute approximate surface area is 194 Å². The number of hydrogen-bond donors (Lipinski definition) is 1. The topological polar surface area (TPSA) is 89.2 Å². The number of para-hydroxylation sites is 1. The monoisotopic (exact) mass is 444 g/mol. The highest BCUT2D eigenvalue weighted by molar-refractivity contribution is 6.02. The zero-order valence-electron chi connectivity index (χ0n) is 19.0. The molecule has 1 amide bonds. The van der Waals surface area contributed by atoms with Gasteiger partial charge in [0.25, 0.3) is 5.91 Å². The van der Waals surface area contributed by atoms with Gasteiger partial charge in [-0.1, -0.05) is 37.3 Å². The molecule has 0 aliphatic heterocycles. The normalized spacial score (nSPS) is 11.1. The lowest BCUT2D eigenvalue weighted by Crippen LogP contribution is -2.26. The van der Waals surface area contributed by atoms with Crippen LogP contribution in [0.5, 0.6) is 5.75 Å². The lowest BCUT2D eigenvalue weighted by atomic mass is 10.1. The van der Waals surface area contributed by atoms with Gasteiger partial charge in [0.1, 0.15) is 23.1 Å². The van der Waals surface area contributed by atoms with Crippen LogP contribution in [0.1, 0.15) is 25.3 Å². The minimum Gasteiger partial charge on any atom is -0.494 e. The summed E-state index contributed by atoms with van der Waals surface area (Å²) in [5.41, 5.74) is 3.04. The third kappa shape index (κ3) is 6.55. The second-order valence-corrected chi connectivity index (χ2v) is 7.36. The highest BCUT2D eigenvalue weighted by atomic mass is 16.5. The van der Waals surface area contributed by atoms with Crippen LogP contribution in [0.25, 0.3) is 23.0 Å². The molecule has 3 rings (SSSR count). The van der Waals surface area contributed by atoms with Crippen molar-refractivity contribution in [3.8, 4) is 28.8 Å². The molecule has 7 nitrogen and oxygen atoms in total. The summed E-state index contributed by atoms with van der Waals surface area (Å²) >= 11 is 0. The van der Waals surface area contributed by atoms with Crippen molar-refractivity contribution < 1.29 is 14.3 Å². The van der Waals surface area contributed by atoms with E-state index in [1.807, 2.05) is 66.9 Å². The predicted molar refractivity (Wildman–Crippen MR) is 128 cm³/mol. The number of nitrogens with zero attached hydrogens (tertiary/aromatic N) is 3. The molecule has 0 fully saturated rings. The Morgan fingerprint density at radius 2 is 2.00 bits per heavy atom. The Hall–Kier alpha value is -3.89. The largest absolute Gasteiger partial charge is 0.494 e. The number of carbonyl (C=O) groups excluding carboxylic acids is 1. The van der Waals surface area contributed by atoms with Crippen LogP contribution < -0.4 is 10.1 Å². The Balaban J connectivity index is 1.99. The van der Waals surface area contributed by atoms with E-state index in [9.17, 15) is 10.1 Å². The summed E-state index contributed by atoms with van der Waals surface area (Å²) in [6.45, 7) is 3.64. The summed E-state index contributed by atoms with van der Waals surface area (Å²) in [5, 5.41) is 17.2. The van der Waals surface area contributed by atoms with Crippen LogP contribution in [0, 0.1) is 11.3 Å². The van der Waals surface area contributed by atoms with Gasteiger partial charge in [-0.15, -0.1) is 0 Å². The lowest BCUT2D eigenvalue weighted by Gasteiger charge is -2.07. The van der Waals surface area contributed by atoms with Gasteiger partial charge < -0.3 is 14.8 Å². The fourth-order valence-electron chi connectivity index (χ4n) is 3.20. The zero-order valence-corrected chi connectivity index (χ0v) is 19.0. The average molecular weight is 445 g/mol. The molecule has 0 unspecified atom stereocenters. The number of benzene rings is 2. The van der Waals surface area contributed by atoms with Gasteiger partial charge >= 0.3 is 0 Å². The van der Waals surface area contributed by atoms with E-state index in [1.165, 1.54) is 0 Å². The molecule has 33 heavy (non-hydrogen) atoms. The third-order valence-corrected chi connectivity index (χ3v) is 4.82. The van der Waals surface area contributed by atoms with Crippen LogP contribution in [0.2, 0.25) is 0 Å². The third-order valence-electron chi connectivity index (χ3n) is 4.82. The summed E-state index contributed by atoms with van der Waals surface area (Å²) in [4.78, 5) is 12.5. The quantitative estimate of drug-likeness (QED) is 0.269. The Kier molecular flexibility index (Phi) is 8.80. The molecule has 7 heteroatoms. The number of methoxy groups -OCH3 is 1. The summed E-state index contributed by atoms with van der Waals surface area (Å²) in [6.07, 6.45) is 4.97. The van der Waals surface area contributed by atoms with Gasteiger partial charge in [-0.2, -0.15) is 10.4 Å². The lowest BCUT2D eigenvalue weighted by molar-refractivity contribution is -0.117. The fraction of sp³-hybridized carbons (Fsp3) is 0.269. The molecule has 1 aromatic heterocycles. The van der Waals surface area contributed by atoms with Gasteiger partial charge in [-0.3, -0.25) is 4.79 Å². The minimum absolute atomic E-state index is 0.0136. The van der Waals surface area contributed by atoms with Crippen molar-refractivity contribution in [3.63, 3.8) is 0 Å². The van der Waals surface area contributed by atoms with Crippen molar-refractivity contribution in [1.29, 1.82) is 5.26 Å². The first kappa shape index (κ1) is 23.8. The molecule has 3 aromatic rings. The van der Waals surface area contributed by atoms with Crippen LogP contribution >= 0.6 is 0 Å². The molecule has 1 heterocycles. The number of aromatic nitrogens is 2. The Morgan fingerprint density at radius 3 is 2.73 bits per heavy atom. The molecule has 0 aliphatic rings. The first-order valence-electron chi connectivity index (χ1n) is 10.9. The van der Waals surface area contributed by atoms with E-state index in [4.69, 9.17) is 14.6 Å². The standard InChI is InChI=1S/C26H28N4O3/c1-3-14-33-24-12-7-9-20(17-24)25-22(19-30(29-25)23-10-5-4-6-11-23)16-21(18-27)26(31)28-13-8-15-32-2/h4-7,9-12,16-17,19H,3,8,13-15H2,1-2H3,(H,28,31)/b21-16-. The molecule has 0 atom stereocenters. The van der Waals surface area contributed by atoms with E-state index >= 15 is 0 Å². The van der Waals surface area contributed by atoms with Crippen molar-refractivity contribution in [2.75, 3.05) is 26.9 Å². The molecule has 0 bridgehead atoms. The van der Waals surface area contributed by atoms with E-state index in [-0.39, 0.29) is 5.57 Å². The van der Waals surface area contributed by atoms with E-state index in [0.29, 0.717) is 37.4 Å². The second-order valence-electron chi connectivity index (χ2n) is 7.36. The second kappa shape index (κ2) is 12.2. The van der Waals surface area contributed by atoms with Crippen molar-refractivity contribution in [1.82, 2.24) is 15.1 Å². The van der Waals surface area contributed by atoms with Crippen LogP contribution in [-0.4, -0.2) is 42.6 Å². The molecule has 1 N–H and O–H groups in total. The summed E-state index contributed by atoms with van der Waals surface area (Å²) in [5.74, 6) is 0.321. The van der Waals surface area contributed by atoms with Gasteiger partial charge in [0, 0.05) is 37.6 Å². The summed E-state index contributed by atoms with van der Waals surface area (Å²) < 4.78 is 12.5. The fourth-order valence-corrected chi connectivity index (χ4v) is 3.20. The van der Waals surface area contributed by atoms with Crippen LogP contribution in [0.4, 0.5) is 0 Å². The molecular formula is C26H28N4O3. The SMILES string of the molecule is CCCOc1cccc(-c2nn(-c3ccccc3)cc2/C=C(/C#N)C(=O)NCCCOC)c1. The smallest absolute Gasteiger partial charge is 0.261 e. The number of amides is 1. The maximum absolute atomic E-state index is 12.5. The first-order chi connectivity index (χ1) is 16.2. The molecular weight excluding hydrogens is 416 g/mol. The Bertz CT molecular complexity index is 1130. The van der Waals surface area contributed by atoms with Gasteiger partial charge in [-0.05, 0) is 43.2 Å². The average Bonchev–Trinajstić information content (AvgIpc) is 3.28. The van der Waals surface area contributed by atoms with E-state index in [1.54, 1.807) is 17.9 Å². The first-order valence-corrected chi connectivity index (χ1v) is 10.9. The van der Waals surface area contributed by atoms with E-state index < -0.39 is 5.91 Å². The molecule has 0 spiro atoms. The Morgan fingerprint density at radius 1 is 1.18 bits per heavy atom. The molecule has 0 saturated heterocycles. The number of carbonyl (C=O) groups is 1. The van der Waals surface area contributed by atoms with Gasteiger partial charge in [0.15, 0.2) is 0 Å². The predicted octanol–water partition coefficient (Wildman–Crippen LogP) is 4.39. The van der Waals surface area contributed by atoms with Crippen LogP contribution in [-0.2, 0) is 9.53 Å². The molecule has 2 aromatic carbocycles. The maximum Gasteiger partial charge on any atom is 0.261 e. The van der Waals surface area contributed by atoms with Gasteiger partial charge in [0.05, 0.1) is 12.3 Å². The van der Waals surface area contributed by atoms with Crippen molar-refractivity contribution >= 4 is 12.0 Å². The highest BCUT2D eigenvalue weighted by Crippen LogP contribution is 2.28. The number of ether oxygens (including phenoxy) is 2. The highest BCUT2D eigenvalue weighted by Gasteiger charge is 2.15. The maximum atomic E-state index is 12.5. The summed E-state index contributed by atoms with van der Waals surface area (Å²) in [6, 6.07) is 19.4. The van der Waals surface area contributed by atoms with Gasteiger partial charge in [-0.25, -0.2) is 4.68 Å². The van der Waals surface area contributed by atoms with Crippen LogP contribution in [0.3, 0.4) is 0 Å². The van der Waals surface area contributed by atoms with Crippen LogP contribution in [0.15, 0.2) is 66.4 Å². The zero-order chi connectivity index (χ0) is 23.5. The molecule has 170 valence electrons. The number of rotatable bonds is 11. The minimum atomic E-state index is -0.424. The van der Waals surface area contributed by atoms with Crippen molar-refractivity contribution in [2.24, 2.45) is 0 Å². The number of hydrogen-bond acceptors (Lipinski definition) is 5. The molecule has 0 aliphatic carbocycles. The molecule has 0 saturated carbocycles. The number of nitriles is 1. The van der Waals surface area contributed by atoms with E-state index in [0.717, 1.165) is 23.4 Å². The van der Waals surface area contributed by atoms with Crippen molar-refractivity contribution in [3.05, 3.63) is 71.9 Å². The van der Waals surface area contributed by atoms with Gasteiger partial charge in [0.2, 0.25) is 0 Å². The molecule has 0 radical (unpaired) electrons. The summed E-state index contributed by atoms with van der Waals surface area (Å²) in [7, 11) is 1.61. The number of nitrogens with one attached hydrogen (secondary N) is 1.